The Morgan fingerprint density at radius 1 is 0.895 bits per heavy atom. The molecule has 1 N–H and O–H groups in total. The van der Waals surface area contributed by atoms with Gasteiger partial charge in [0.1, 0.15) is 11.4 Å². The molecule has 1 heterocycles. The Morgan fingerprint density at radius 2 is 1.58 bits per heavy atom. The van der Waals surface area contributed by atoms with Crippen LogP contribution in [0.15, 0.2) is 84.9 Å². The van der Waals surface area contributed by atoms with E-state index in [9.17, 15) is 4.79 Å². The van der Waals surface area contributed by atoms with Crippen molar-refractivity contribution in [1.82, 2.24) is 9.97 Å². The predicted octanol–water partition coefficient (Wildman–Crippen LogP) is 7.38. The fourth-order valence-electron chi connectivity index (χ4n) is 4.71. The fraction of sp³-hybridized carbons (Fsp3) is 0.182. The number of amides is 1. The van der Waals surface area contributed by atoms with Gasteiger partial charge >= 0.3 is 0 Å². The third-order valence-corrected chi connectivity index (χ3v) is 6.76. The summed E-state index contributed by atoms with van der Waals surface area (Å²) in [4.78, 5) is 23.3. The van der Waals surface area contributed by atoms with Crippen LogP contribution in [-0.4, -0.2) is 23.0 Å². The molecule has 1 aliphatic carbocycles. The quantitative estimate of drug-likeness (QED) is 0.287. The normalized spacial score (nSPS) is 12.6. The third-order valence-electron chi connectivity index (χ3n) is 6.76. The van der Waals surface area contributed by atoms with E-state index in [0.717, 1.165) is 45.0 Å². The van der Waals surface area contributed by atoms with E-state index in [-0.39, 0.29) is 11.8 Å². The number of rotatable bonds is 7. The Balaban J connectivity index is 1.48. The lowest BCUT2D eigenvalue weighted by Crippen LogP contribution is -2.17. The van der Waals surface area contributed by atoms with Gasteiger partial charge in [-0.1, -0.05) is 85.8 Å². The van der Waals surface area contributed by atoms with Crippen LogP contribution in [0.1, 0.15) is 35.7 Å². The lowest BCUT2D eigenvalue weighted by atomic mass is 10.0. The minimum atomic E-state index is -0.0998. The monoisotopic (exact) mass is 501 g/mol. The van der Waals surface area contributed by atoms with Crippen LogP contribution in [0.2, 0.25) is 0 Å². The zero-order valence-electron chi connectivity index (χ0n) is 21.9. The number of aromatic nitrogens is 2. The molecule has 0 atom stereocenters. The van der Waals surface area contributed by atoms with E-state index < -0.39 is 0 Å². The van der Waals surface area contributed by atoms with Crippen LogP contribution in [0.5, 0.6) is 5.75 Å². The molecule has 1 aromatic heterocycles. The number of nitrogens with zero attached hydrogens (tertiary/aromatic N) is 2. The molecule has 0 radical (unpaired) electrons. The van der Waals surface area contributed by atoms with Crippen LogP contribution in [-0.2, 0) is 11.2 Å². The molecule has 5 rings (SSSR count). The Morgan fingerprint density at radius 3 is 2.21 bits per heavy atom. The van der Waals surface area contributed by atoms with Crippen LogP contribution in [0.25, 0.3) is 34.7 Å². The van der Waals surface area contributed by atoms with E-state index in [1.807, 2.05) is 67.6 Å². The fourth-order valence-corrected chi connectivity index (χ4v) is 4.71. The van der Waals surface area contributed by atoms with E-state index in [4.69, 9.17) is 14.7 Å². The number of benzene rings is 3. The van der Waals surface area contributed by atoms with Gasteiger partial charge in [0.05, 0.1) is 18.5 Å². The number of carbonyl (C=O) groups excluding carboxylic acids is 1. The molecule has 0 bridgehead atoms. The average Bonchev–Trinajstić information content (AvgIpc) is 3.15. The summed E-state index contributed by atoms with van der Waals surface area (Å²) in [5, 5.41) is 3.08. The maximum Gasteiger partial charge on any atom is 0.226 e. The van der Waals surface area contributed by atoms with Gasteiger partial charge in [-0.2, -0.15) is 0 Å². The van der Waals surface area contributed by atoms with Gasteiger partial charge in [-0.25, -0.2) is 9.97 Å². The molecule has 0 saturated heterocycles. The highest BCUT2D eigenvalue weighted by atomic mass is 16.5. The third kappa shape index (κ3) is 5.42. The molecule has 5 nitrogen and oxygen atoms in total. The molecule has 4 aromatic rings. The first-order chi connectivity index (χ1) is 18.6. The number of allylic oxidation sites excluding steroid dienone is 2. The number of ether oxygens (including phenoxy) is 1. The van der Waals surface area contributed by atoms with E-state index in [2.05, 4.69) is 48.7 Å². The van der Waals surface area contributed by atoms with Gasteiger partial charge in [0.2, 0.25) is 5.91 Å². The van der Waals surface area contributed by atoms with E-state index >= 15 is 0 Å². The molecule has 38 heavy (non-hydrogen) atoms. The van der Waals surface area contributed by atoms with E-state index in [0.29, 0.717) is 24.4 Å². The van der Waals surface area contributed by atoms with Crippen molar-refractivity contribution in [2.75, 3.05) is 12.4 Å². The topological polar surface area (TPSA) is 64.1 Å². The number of carbonyl (C=O) groups is 1. The molecular formula is C33H31N3O2. The van der Waals surface area contributed by atoms with Crippen LogP contribution in [0.3, 0.4) is 0 Å². The van der Waals surface area contributed by atoms with E-state index in [1.54, 1.807) is 7.11 Å². The molecule has 0 spiro atoms. The smallest absolute Gasteiger partial charge is 0.226 e. The maximum atomic E-state index is 13.3. The van der Waals surface area contributed by atoms with Gasteiger partial charge in [0.15, 0.2) is 5.82 Å². The second-order valence-corrected chi connectivity index (χ2v) is 9.38. The maximum absolute atomic E-state index is 13.3. The molecule has 0 aliphatic heterocycles. The molecule has 1 amide bonds. The summed E-state index contributed by atoms with van der Waals surface area (Å²) in [7, 11) is 1.66. The summed E-state index contributed by atoms with van der Waals surface area (Å²) >= 11 is 0. The first-order valence-corrected chi connectivity index (χ1v) is 12.9. The standard InChI is InChI=1S/C33H31N3O2/c1-4-29-32(28-19-18-27(38-3)20-22(28)2)36-31(26-12-6-5-7-13-26)33(34-29)35-30(37)21-23-14-16-24-10-8-9-11-25(24)17-15-23/h5-20,23H,4,21H2,1-3H3,(H,34,35,37). The van der Waals surface area contributed by atoms with Crippen molar-refractivity contribution < 1.29 is 9.53 Å². The number of hydrogen-bond acceptors (Lipinski definition) is 4. The van der Waals surface area contributed by atoms with Crippen molar-refractivity contribution in [3.05, 3.63) is 107 Å². The van der Waals surface area contributed by atoms with Crippen molar-refractivity contribution >= 4 is 23.9 Å². The molecule has 1 aliphatic rings. The minimum Gasteiger partial charge on any atom is -0.497 e. The SMILES string of the molecule is CCc1nc(NC(=O)CC2C=Cc3ccccc3C=C2)c(-c2ccccc2)nc1-c1ccc(OC)cc1C. The lowest BCUT2D eigenvalue weighted by Gasteiger charge is -2.17. The highest BCUT2D eigenvalue weighted by molar-refractivity contribution is 5.94. The molecule has 5 heteroatoms. The number of aryl methyl sites for hydroxylation is 2. The second kappa shape index (κ2) is 11.3. The zero-order chi connectivity index (χ0) is 26.5. The zero-order valence-corrected chi connectivity index (χ0v) is 21.9. The number of methoxy groups -OCH3 is 1. The highest BCUT2D eigenvalue weighted by Crippen LogP contribution is 2.33. The van der Waals surface area contributed by atoms with Crippen molar-refractivity contribution in [2.45, 2.75) is 26.7 Å². The van der Waals surface area contributed by atoms with Crippen LogP contribution < -0.4 is 10.1 Å². The van der Waals surface area contributed by atoms with Gasteiger partial charge < -0.3 is 10.1 Å². The Labute approximate surface area is 223 Å². The highest BCUT2D eigenvalue weighted by Gasteiger charge is 2.20. The molecule has 3 aromatic carbocycles. The largest absolute Gasteiger partial charge is 0.497 e. The summed E-state index contributed by atoms with van der Waals surface area (Å²) in [6.45, 7) is 4.10. The Kier molecular flexibility index (Phi) is 7.45. The van der Waals surface area contributed by atoms with Crippen molar-refractivity contribution in [3.63, 3.8) is 0 Å². The van der Waals surface area contributed by atoms with Gasteiger partial charge in [-0.15, -0.1) is 0 Å². The van der Waals surface area contributed by atoms with Crippen LogP contribution >= 0.6 is 0 Å². The molecule has 0 saturated carbocycles. The Hall–Kier alpha value is -4.51. The van der Waals surface area contributed by atoms with E-state index in [1.165, 1.54) is 0 Å². The number of hydrogen-bond donors (Lipinski definition) is 1. The molecule has 0 unspecified atom stereocenters. The lowest BCUT2D eigenvalue weighted by molar-refractivity contribution is -0.116. The van der Waals surface area contributed by atoms with Crippen LogP contribution in [0, 0.1) is 12.8 Å². The molecule has 190 valence electrons. The molecule has 0 fully saturated rings. The number of anilines is 1. The Bertz CT molecular complexity index is 1490. The van der Waals surface area contributed by atoms with Crippen LogP contribution in [0.4, 0.5) is 5.82 Å². The molecular weight excluding hydrogens is 470 g/mol. The van der Waals surface area contributed by atoms with Crippen molar-refractivity contribution in [1.29, 1.82) is 0 Å². The summed E-state index contributed by atoms with van der Waals surface area (Å²) in [5.41, 5.74) is 7.56. The first kappa shape index (κ1) is 25.2. The van der Waals surface area contributed by atoms with Gasteiger partial charge in [0, 0.05) is 23.5 Å². The first-order valence-electron chi connectivity index (χ1n) is 12.9. The summed E-state index contributed by atoms with van der Waals surface area (Å²) in [6.07, 6.45) is 9.33. The minimum absolute atomic E-state index is 0.0117. The second-order valence-electron chi connectivity index (χ2n) is 9.38. The summed E-state index contributed by atoms with van der Waals surface area (Å²) in [6, 6.07) is 24.0. The van der Waals surface area contributed by atoms with Gasteiger partial charge in [0.25, 0.3) is 0 Å². The number of nitrogens with one attached hydrogen (secondary N) is 1. The van der Waals surface area contributed by atoms with Crippen molar-refractivity contribution in [2.24, 2.45) is 5.92 Å². The van der Waals surface area contributed by atoms with Gasteiger partial charge in [-0.05, 0) is 48.2 Å². The summed E-state index contributed by atoms with van der Waals surface area (Å²) < 4.78 is 5.39. The van der Waals surface area contributed by atoms with Gasteiger partial charge in [-0.3, -0.25) is 4.79 Å². The number of fused-ring (bicyclic) bond motifs is 1. The predicted molar refractivity (Wildman–Crippen MR) is 155 cm³/mol. The summed E-state index contributed by atoms with van der Waals surface area (Å²) in [5.74, 6) is 1.17. The average molecular weight is 502 g/mol. The van der Waals surface area contributed by atoms with Crippen molar-refractivity contribution in [3.8, 4) is 28.3 Å².